The van der Waals surface area contributed by atoms with E-state index in [1.807, 2.05) is 31.2 Å². The fourth-order valence-electron chi connectivity index (χ4n) is 2.95. The van der Waals surface area contributed by atoms with Crippen molar-refractivity contribution in [3.8, 4) is 0 Å². The van der Waals surface area contributed by atoms with Crippen LogP contribution in [-0.2, 0) is 23.0 Å². The summed E-state index contributed by atoms with van der Waals surface area (Å²) in [5.41, 5.74) is 8.31. The summed E-state index contributed by atoms with van der Waals surface area (Å²) in [5.74, 6) is 0. The van der Waals surface area contributed by atoms with Crippen LogP contribution in [0.3, 0.4) is 0 Å². The lowest BCUT2D eigenvalue weighted by molar-refractivity contribution is 0.582. The molecule has 112 valence electrons. The van der Waals surface area contributed by atoms with Crippen molar-refractivity contribution in [3.05, 3.63) is 41.2 Å². The maximum absolute atomic E-state index is 13.1. The molecule has 1 atom stereocenters. The third kappa shape index (κ3) is 2.04. The van der Waals surface area contributed by atoms with E-state index in [1.54, 1.807) is 6.92 Å². The van der Waals surface area contributed by atoms with Gasteiger partial charge in [-0.25, -0.2) is 8.42 Å². The number of nitrogens with two attached hydrogens (primary N) is 1. The summed E-state index contributed by atoms with van der Waals surface area (Å²) in [5, 5.41) is 6.72. The largest absolute Gasteiger partial charge is 0.325 e. The number of aromatic nitrogens is 2. The number of hydrogen-bond donors (Lipinski definition) is 2. The SMILES string of the molecule is Cc1[nH]nc(CN)c1S(=O)(=O)N1c2ccccc2CC1C. The number of aromatic amines is 1. The smallest absolute Gasteiger partial charge is 0.268 e. The first kappa shape index (κ1) is 14.1. The van der Waals surface area contributed by atoms with Gasteiger partial charge in [0.15, 0.2) is 0 Å². The fraction of sp³-hybridized carbons (Fsp3) is 0.357. The number of benzene rings is 1. The highest BCUT2D eigenvalue weighted by Crippen LogP contribution is 2.37. The van der Waals surface area contributed by atoms with Crippen molar-refractivity contribution in [2.75, 3.05) is 4.31 Å². The molecule has 0 radical (unpaired) electrons. The Morgan fingerprint density at radius 2 is 2.14 bits per heavy atom. The summed E-state index contributed by atoms with van der Waals surface area (Å²) in [6.45, 7) is 3.70. The number of fused-ring (bicyclic) bond motifs is 1. The predicted molar refractivity (Wildman–Crippen MR) is 80.5 cm³/mol. The van der Waals surface area contributed by atoms with Gasteiger partial charge in [-0.1, -0.05) is 18.2 Å². The molecule has 0 amide bonds. The molecule has 6 nitrogen and oxygen atoms in total. The van der Waals surface area contributed by atoms with Crippen LogP contribution in [0.5, 0.6) is 0 Å². The van der Waals surface area contributed by atoms with E-state index in [9.17, 15) is 8.42 Å². The molecule has 0 saturated carbocycles. The zero-order valence-electron chi connectivity index (χ0n) is 12.0. The van der Waals surface area contributed by atoms with Crippen LogP contribution >= 0.6 is 0 Å². The highest BCUT2D eigenvalue weighted by atomic mass is 32.2. The highest BCUT2D eigenvalue weighted by molar-refractivity contribution is 7.93. The molecule has 0 fully saturated rings. The summed E-state index contributed by atoms with van der Waals surface area (Å²) in [4.78, 5) is 0.202. The van der Waals surface area contributed by atoms with Gasteiger partial charge in [-0.05, 0) is 31.9 Å². The van der Waals surface area contributed by atoms with Crippen LogP contribution in [-0.4, -0.2) is 24.7 Å². The number of sulfonamides is 1. The molecule has 1 aliphatic heterocycles. The van der Waals surface area contributed by atoms with Gasteiger partial charge < -0.3 is 5.73 Å². The first-order chi connectivity index (χ1) is 9.96. The molecule has 1 aromatic carbocycles. The number of para-hydroxylation sites is 1. The van der Waals surface area contributed by atoms with E-state index in [4.69, 9.17) is 5.73 Å². The number of rotatable bonds is 3. The second-order valence-electron chi connectivity index (χ2n) is 5.31. The van der Waals surface area contributed by atoms with Gasteiger partial charge in [0.1, 0.15) is 4.90 Å². The van der Waals surface area contributed by atoms with Crippen LogP contribution in [0.15, 0.2) is 29.2 Å². The minimum Gasteiger partial charge on any atom is -0.325 e. The van der Waals surface area contributed by atoms with Gasteiger partial charge in [-0.2, -0.15) is 5.10 Å². The minimum atomic E-state index is -3.67. The molecular weight excluding hydrogens is 288 g/mol. The lowest BCUT2D eigenvalue weighted by atomic mass is 10.1. The first-order valence-electron chi connectivity index (χ1n) is 6.83. The monoisotopic (exact) mass is 306 g/mol. The lowest BCUT2D eigenvalue weighted by Crippen LogP contribution is -2.36. The Morgan fingerprint density at radius 3 is 2.86 bits per heavy atom. The van der Waals surface area contributed by atoms with E-state index >= 15 is 0 Å². The van der Waals surface area contributed by atoms with Crippen LogP contribution in [0.25, 0.3) is 0 Å². The van der Waals surface area contributed by atoms with Crippen molar-refractivity contribution < 1.29 is 8.42 Å². The van der Waals surface area contributed by atoms with Crippen LogP contribution in [0, 0.1) is 6.92 Å². The summed E-state index contributed by atoms with van der Waals surface area (Å²) >= 11 is 0. The molecule has 0 spiro atoms. The number of H-pyrrole nitrogens is 1. The van der Waals surface area contributed by atoms with Crippen molar-refractivity contribution in [2.24, 2.45) is 5.73 Å². The number of nitrogens with one attached hydrogen (secondary N) is 1. The molecule has 0 bridgehead atoms. The molecule has 2 heterocycles. The molecule has 1 aliphatic rings. The van der Waals surface area contributed by atoms with Gasteiger partial charge in [-0.3, -0.25) is 9.40 Å². The number of aryl methyl sites for hydroxylation is 1. The third-order valence-corrected chi connectivity index (χ3v) is 5.95. The average molecular weight is 306 g/mol. The maximum Gasteiger partial charge on any atom is 0.268 e. The van der Waals surface area contributed by atoms with Gasteiger partial charge in [0.05, 0.1) is 17.1 Å². The lowest BCUT2D eigenvalue weighted by Gasteiger charge is -2.24. The van der Waals surface area contributed by atoms with Gasteiger partial charge in [0.2, 0.25) is 0 Å². The zero-order valence-corrected chi connectivity index (χ0v) is 12.8. The van der Waals surface area contributed by atoms with E-state index in [2.05, 4.69) is 10.2 Å². The Hall–Kier alpha value is -1.86. The quantitative estimate of drug-likeness (QED) is 0.894. The zero-order chi connectivity index (χ0) is 15.2. The summed E-state index contributed by atoms with van der Waals surface area (Å²) in [6, 6.07) is 7.47. The number of anilines is 1. The molecule has 7 heteroatoms. The highest BCUT2D eigenvalue weighted by Gasteiger charge is 2.38. The van der Waals surface area contributed by atoms with Crippen LogP contribution in [0.4, 0.5) is 5.69 Å². The summed E-state index contributed by atoms with van der Waals surface area (Å²) in [6.07, 6.45) is 0.713. The topological polar surface area (TPSA) is 92.1 Å². The minimum absolute atomic E-state index is 0.0861. The molecule has 3 rings (SSSR count). The van der Waals surface area contributed by atoms with E-state index in [-0.39, 0.29) is 17.5 Å². The van der Waals surface area contributed by atoms with Crippen LogP contribution in [0.1, 0.15) is 23.9 Å². The molecule has 3 N–H and O–H groups in total. The van der Waals surface area contributed by atoms with Gasteiger partial charge in [0, 0.05) is 12.6 Å². The fourth-order valence-corrected chi connectivity index (χ4v) is 4.99. The van der Waals surface area contributed by atoms with Crippen molar-refractivity contribution in [1.82, 2.24) is 10.2 Å². The molecule has 1 aromatic heterocycles. The summed E-state index contributed by atoms with van der Waals surface area (Å²) in [7, 11) is -3.67. The molecule has 0 aliphatic carbocycles. The van der Waals surface area contributed by atoms with Crippen molar-refractivity contribution >= 4 is 15.7 Å². The average Bonchev–Trinajstić information content (AvgIpc) is 2.98. The normalized spacial score (nSPS) is 18.0. The predicted octanol–water partition coefficient (Wildman–Crippen LogP) is 1.32. The molecule has 1 unspecified atom stereocenters. The van der Waals surface area contributed by atoms with Gasteiger partial charge in [-0.15, -0.1) is 0 Å². The first-order valence-corrected chi connectivity index (χ1v) is 8.27. The third-order valence-electron chi connectivity index (χ3n) is 3.82. The molecule has 21 heavy (non-hydrogen) atoms. The Morgan fingerprint density at radius 1 is 1.43 bits per heavy atom. The molecular formula is C14H18N4O2S. The van der Waals surface area contributed by atoms with Gasteiger partial charge >= 0.3 is 0 Å². The Balaban J connectivity index is 2.17. The second-order valence-corrected chi connectivity index (χ2v) is 7.06. The molecule has 2 aromatic rings. The van der Waals surface area contributed by atoms with E-state index in [0.717, 1.165) is 11.3 Å². The van der Waals surface area contributed by atoms with E-state index in [1.165, 1.54) is 4.31 Å². The maximum atomic E-state index is 13.1. The van der Waals surface area contributed by atoms with Crippen LogP contribution in [0.2, 0.25) is 0 Å². The summed E-state index contributed by atoms with van der Waals surface area (Å²) < 4.78 is 27.6. The standard InChI is InChI=1S/C14H18N4O2S/c1-9-7-11-5-3-4-6-13(11)18(9)21(19,20)14-10(2)16-17-12(14)8-15/h3-6,9H,7-8,15H2,1-2H3,(H,16,17). The van der Waals surface area contributed by atoms with Crippen molar-refractivity contribution in [2.45, 2.75) is 37.8 Å². The Bertz CT molecular complexity index is 782. The Kier molecular flexibility index (Phi) is 3.26. The van der Waals surface area contributed by atoms with Crippen molar-refractivity contribution in [3.63, 3.8) is 0 Å². The molecule has 0 saturated heterocycles. The number of hydrogen-bond acceptors (Lipinski definition) is 4. The van der Waals surface area contributed by atoms with E-state index < -0.39 is 10.0 Å². The van der Waals surface area contributed by atoms with Gasteiger partial charge in [0.25, 0.3) is 10.0 Å². The van der Waals surface area contributed by atoms with Crippen LogP contribution < -0.4 is 10.0 Å². The second kappa shape index (κ2) is 4.85. The van der Waals surface area contributed by atoms with E-state index in [0.29, 0.717) is 17.8 Å². The number of nitrogens with zero attached hydrogens (tertiary/aromatic N) is 2. The van der Waals surface area contributed by atoms with Crippen molar-refractivity contribution in [1.29, 1.82) is 0 Å². The Labute approximate surface area is 124 Å².